The molecule has 0 aliphatic carbocycles. The minimum Gasteiger partial charge on any atom is -0.497 e. The summed E-state index contributed by atoms with van der Waals surface area (Å²) in [7, 11) is 3.22. The second kappa shape index (κ2) is 8.68. The van der Waals surface area contributed by atoms with E-state index in [0.29, 0.717) is 17.4 Å². The number of carbonyl (C=O) groups is 1. The quantitative estimate of drug-likeness (QED) is 0.613. The number of thiophene rings is 1. The molecule has 8 heteroatoms. The number of methoxy groups -OCH3 is 2. The maximum absolute atomic E-state index is 12.1. The highest BCUT2D eigenvalue weighted by Gasteiger charge is 2.11. The van der Waals surface area contributed by atoms with Crippen LogP contribution >= 0.6 is 22.7 Å². The molecule has 0 aliphatic heterocycles. The molecule has 1 aromatic carbocycles. The molecule has 2 N–H and O–H groups in total. The van der Waals surface area contributed by atoms with Gasteiger partial charge in [0.05, 0.1) is 38.6 Å². The highest BCUT2D eigenvalue weighted by molar-refractivity contribution is 7.13. The van der Waals surface area contributed by atoms with Crippen LogP contribution in [-0.2, 0) is 17.8 Å². The van der Waals surface area contributed by atoms with E-state index in [1.165, 1.54) is 11.3 Å². The Labute approximate surface area is 159 Å². The van der Waals surface area contributed by atoms with Gasteiger partial charge in [0, 0.05) is 16.3 Å². The van der Waals surface area contributed by atoms with Gasteiger partial charge in [0.25, 0.3) is 0 Å². The molecule has 0 saturated carbocycles. The molecule has 0 saturated heterocycles. The SMILES string of the molecule is COc1ccc(OC)c(Nc2nc(CC(=O)NCc3cccs3)cs2)c1. The first-order valence-electron chi connectivity index (χ1n) is 7.90. The van der Waals surface area contributed by atoms with Crippen molar-refractivity contribution in [2.24, 2.45) is 0 Å². The predicted molar refractivity (Wildman–Crippen MR) is 105 cm³/mol. The van der Waals surface area contributed by atoms with Gasteiger partial charge in [0.15, 0.2) is 5.13 Å². The summed E-state index contributed by atoms with van der Waals surface area (Å²) in [5.74, 6) is 1.36. The summed E-state index contributed by atoms with van der Waals surface area (Å²) in [6.45, 7) is 0.548. The smallest absolute Gasteiger partial charge is 0.226 e. The van der Waals surface area contributed by atoms with Crippen molar-refractivity contribution in [2.45, 2.75) is 13.0 Å². The molecule has 0 atom stereocenters. The van der Waals surface area contributed by atoms with Crippen LogP contribution in [0.1, 0.15) is 10.6 Å². The molecule has 6 nitrogen and oxygen atoms in total. The van der Waals surface area contributed by atoms with Gasteiger partial charge in [-0.3, -0.25) is 4.79 Å². The van der Waals surface area contributed by atoms with Gasteiger partial charge in [0.1, 0.15) is 11.5 Å². The van der Waals surface area contributed by atoms with E-state index >= 15 is 0 Å². The number of hydrogen-bond acceptors (Lipinski definition) is 7. The van der Waals surface area contributed by atoms with Crippen molar-refractivity contribution in [1.82, 2.24) is 10.3 Å². The molecule has 3 rings (SSSR count). The number of amides is 1. The van der Waals surface area contributed by atoms with Gasteiger partial charge in [-0.25, -0.2) is 4.98 Å². The Bertz CT molecular complexity index is 862. The lowest BCUT2D eigenvalue weighted by Gasteiger charge is -2.10. The molecule has 1 amide bonds. The van der Waals surface area contributed by atoms with Crippen LogP contribution in [0.5, 0.6) is 11.5 Å². The fourth-order valence-corrected chi connectivity index (χ4v) is 3.67. The number of nitrogens with one attached hydrogen (secondary N) is 2. The number of carbonyl (C=O) groups excluding carboxylic acids is 1. The first-order valence-corrected chi connectivity index (χ1v) is 9.66. The summed E-state index contributed by atoms with van der Waals surface area (Å²) in [5.41, 5.74) is 1.48. The summed E-state index contributed by atoms with van der Waals surface area (Å²) in [6, 6.07) is 9.46. The van der Waals surface area contributed by atoms with E-state index in [0.717, 1.165) is 22.0 Å². The number of aromatic nitrogens is 1. The van der Waals surface area contributed by atoms with E-state index in [2.05, 4.69) is 15.6 Å². The summed E-state index contributed by atoms with van der Waals surface area (Å²) in [4.78, 5) is 17.7. The molecule has 0 aliphatic rings. The molecular weight excluding hydrogens is 370 g/mol. The van der Waals surface area contributed by atoms with Crippen molar-refractivity contribution < 1.29 is 14.3 Å². The van der Waals surface area contributed by atoms with Gasteiger partial charge in [-0.15, -0.1) is 22.7 Å². The molecule has 0 bridgehead atoms. The summed E-state index contributed by atoms with van der Waals surface area (Å²) >= 11 is 3.06. The minimum atomic E-state index is -0.0470. The van der Waals surface area contributed by atoms with E-state index in [1.807, 2.05) is 41.1 Å². The van der Waals surface area contributed by atoms with Crippen molar-refractivity contribution >= 4 is 39.4 Å². The van der Waals surface area contributed by atoms with Crippen LogP contribution in [0.15, 0.2) is 41.1 Å². The average Bonchev–Trinajstić information content (AvgIpc) is 3.32. The fourth-order valence-electron chi connectivity index (χ4n) is 2.30. The molecule has 26 heavy (non-hydrogen) atoms. The Morgan fingerprint density at radius 1 is 1.19 bits per heavy atom. The minimum absolute atomic E-state index is 0.0470. The monoisotopic (exact) mass is 389 g/mol. The first-order chi connectivity index (χ1) is 12.7. The summed E-state index contributed by atoms with van der Waals surface area (Å²) in [5, 5.41) is 10.7. The number of thiazole rings is 1. The van der Waals surface area contributed by atoms with Gasteiger partial charge in [0.2, 0.25) is 5.91 Å². The van der Waals surface area contributed by atoms with Crippen LogP contribution in [0, 0.1) is 0 Å². The fraction of sp³-hybridized carbons (Fsp3) is 0.222. The Morgan fingerprint density at radius 3 is 2.81 bits per heavy atom. The zero-order valence-corrected chi connectivity index (χ0v) is 16.1. The van der Waals surface area contributed by atoms with E-state index in [1.54, 1.807) is 25.6 Å². The van der Waals surface area contributed by atoms with Crippen molar-refractivity contribution in [3.05, 3.63) is 51.7 Å². The lowest BCUT2D eigenvalue weighted by atomic mass is 10.2. The number of benzene rings is 1. The van der Waals surface area contributed by atoms with Crippen LogP contribution in [0.4, 0.5) is 10.8 Å². The highest BCUT2D eigenvalue weighted by atomic mass is 32.1. The van der Waals surface area contributed by atoms with E-state index in [-0.39, 0.29) is 12.3 Å². The standard InChI is InChI=1S/C18H19N3O3S2/c1-23-13-5-6-16(24-2)15(9-13)21-18-20-12(11-26-18)8-17(22)19-10-14-4-3-7-25-14/h3-7,9,11H,8,10H2,1-2H3,(H,19,22)(H,20,21). The third kappa shape index (κ3) is 4.74. The van der Waals surface area contributed by atoms with Crippen LogP contribution in [-0.4, -0.2) is 25.1 Å². The van der Waals surface area contributed by atoms with Crippen molar-refractivity contribution in [3.63, 3.8) is 0 Å². The van der Waals surface area contributed by atoms with Crippen molar-refractivity contribution in [3.8, 4) is 11.5 Å². The van der Waals surface area contributed by atoms with Crippen LogP contribution in [0.2, 0.25) is 0 Å². The first kappa shape index (κ1) is 18.2. The van der Waals surface area contributed by atoms with Crippen LogP contribution < -0.4 is 20.1 Å². The number of rotatable bonds is 8. The zero-order valence-electron chi connectivity index (χ0n) is 14.4. The number of anilines is 2. The van der Waals surface area contributed by atoms with E-state index in [9.17, 15) is 4.79 Å². The molecule has 0 unspecified atom stereocenters. The zero-order chi connectivity index (χ0) is 18.4. The van der Waals surface area contributed by atoms with Crippen LogP contribution in [0.25, 0.3) is 0 Å². The predicted octanol–water partition coefficient (Wildman–Crippen LogP) is 3.82. The Hall–Kier alpha value is -2.58. The summed E-state index contributed by atoms with van der Waals surface area (Å²) in [6.07, 6.45) is 0.249. The Morgan fingerprint density at radius 2 is 2.08 bits per heavy atom. The second-order valence-corrected chi connectivity index (χ2v) is 7.26. The normalized spacial score (nSPS) is 10.4. The Kier molecular flexibility index (Phi) is 6.08. The average molecular weight is 390 g/mol. The number of nitrogens with zero attached hydrogens (tertiary/aromatic N) is 1. The summed E-state index contributed by atoms with van der Waals surface area (Å²) < 4.78 is 10.6. The van der Waals surface area contributed by atoms with Gasteiger partial charge in [-0.2, -0.15) is 0 Å². The highest BCUT2D eigenvalue weighted by Crippen LogP contribution is 2.32. The number of hydrogen-bond donors (Lipinski definition) is 2. The van der Waals surface area contributed by atoms with Gasteiger partial charge in [-0.05, 0) is 23.6 Å². The molecule has 136 valence electrons. The lowest BCUT2D eigenvalue weighted by molar-refractivity contribution is -0.120. The third-order valence-electron chi connectivity index (χ3n) is 3.58. The van der Waals surface area contributed by atoms with Crippen molar-refractivity contribution in [2.75, 3.05) is 19.5 Å². The van der Waals surface area contributed by atoms with Crippen molar-refractivity contribution in [1.29, 1.82) is 0 Å². The molecule has 0 fully saturated rings. The molecule has 0 radical (unpaired) electrons. The van der Waals surface area contributed by atoms with Gasteiger partial charge >= 0.3 is 0 Å². The second-order valence-electron chi connectivity index (χ2n) is 5.37. The van der Waals surface area contributed by atoms with Crippen LogP contribution in [0.3, 0.4) is 0 Å². The molecular formula is C18H19N3O3S2. The van der Waals surface area contributed by atoms with E-state index < -0.39 is 0 Å². The van der Waals surface area contributed by atoms with Gasteiger partial charge in [-0.1, -0.05) is 6.07 Å². The maximum Gasteiger partial charge on any atom is 0.226 e. The maximum atomic E-state index is 12.1. The molecule has 3 aromatic rings. The third-order valence-corrected chi connectivity index (χ3v) is 5.26. The molecule has 2 aromatic heterocycles. The lowest BCUT2D eigenvalue weighted by Crippen LogP contribution is -2.24. The Balaban J connectivity index is 1.60. The number of ether oxygens (including phenoxy) is 2. The largest absolute Gasteiger partial charge is 0.497 e. The topological polar surface area (TPSA) is 72.5 Å². The van der Waals surface area contributed by atoms with Gasteiger partial charge < -0.3 is 20.1 Å². The van der Waals surface area contributed by atoms with E-state index in [4.69, 9.17) is 9.47 Å². The molecule has 0 spiro atoms. The molecule has 2 heterocycles.